The van der Waals surface area contributed by atoms with Crippen LogP contribution in [0.15, 0.2) is 11.6 Å². The van der Waals surface area contributed by atoms with Crippen LogP contribution < -0.4 is 0 Å². The Morgan fingerprint density at radius 2 is 1.25 bits per heavy atom. The monoisotopic (exact) mass is 222 g/mol. The first-order valence-electron chi connectivity index (χ1n) is 6.97. The Balaban J connectivity index is 1.75. The minimum Gasteiger partial charge on any atom is -0.299 e. The summed E-state index contributed by atoms with van der Waals surface area (Å²) in [5.74, 6) is 0. The van der Waals surface area contributed by atoms with Crippen molar-refractivity contribution in [1.29, 1.82) is 0 Å². The first-order chi connectivity index (χ1) is 7.88. The molecule has 16 heavy (non-hydrogen) atoms. The summed E-state index contributed by atoms with van der Waals surface area (Å²) < 4.78 is 0. The summed E-state index contributed by atoms with van der Waals surface area (Å²) in [7, 11) is 0. The highest BCUT2D eigenvalue weighted by atomic mass is 15.2. The number of rotatable bonds is 4. The topological polar surface area (TPSA) is 6.48 Å². The predicted molar refractivity (Wildman–Crippen MR) is 69.7 cm³/mol. The summed E-state index contributed by atoms with van der Waals surface area (Å²) in [4.78, 5) is 5.24. The molecule has 0 aromatic carbocycles. The fourth-order valence-electron chi connectivity index (χ4n) is 2.87. The highest BCUT2D eigenvalue weighted by molar-refractivity contribution is 5.06. The third-order valence-electron chi connectivity index (χ3n) is 3.91. The zero-order valence-corrected chi connectivity index (χ0v) is 10.7. The maximum atomic E-state index is 2.63. The standard InChI is InChI=1S/C14H26N2/c1-2-14(13-16-10-6-7-11-16)12-15-8-4-3-5-9-15/h2H,3-13H2,1H3. The van der Waals surface area contributed by atoms with Gasteiger partial charge in [0.2, 0.25) is 0 Å². The molecule has 2 aliphatic rings. The van der Waals surface area contributed by atoms with Crippen LogP contribution in [-0.2, 0) is 0 Å². The lowest BCUT2D eigenvalue weighted by atomic mass is 10.1. The van der Waals surface area contributed by atoms with Crippen molar-refractivity contribution in [2.75, 3.05) is 39.3 Å². The molecule has 0 aromatic heterocycles. The Labute approximate surface area is 100 Å². The lowest BCUT2D eigenvalue weighted by molar-refractivity contribution is 0.238. The van der Waals surface area contributed by atoms with Crippen LogP contribution in [0.3, 0.4) is 0 Å². The third-order valence-corrected chi connectivity index (χ3v) is 3.91. The molecule has 0 atom stereocenters. The average Bonchev–Trinajstić information content (AvgIpc) is 2.82. The molecular formula is C14H26N2. The van der Waals surface area contributed by atoms with Crippen LogP contribution in [0.5, 0.6) is 0 Å². The minimum absolute atomic E-state index is 1.22. The van der Waals surface area contributed by atoms with Gasteiger partial charge in [-0.05, 0) is 64.4 Å². The number of likely N-dealkylation sites (tertiary alicyclic amines) is 2. The zero-order chi connectivity index (χ0) is 11.2. The molecule has 2 heteroatoms. The van der Waals surface area contributed by atoms with Crippen LogP contribution in [-0.4, -0.2) is 49.1 Å². The van der Waals surface area contributed by atoms with E-state index < -0.39 is 0 Å². The smallest absolute Gasteiger partial charge is 0.0205 e. The predicted octanol–water partition coefficient (Wildman–Crippen LogP) is 2.51. The van der Waals surface area contributed by atoms with Crippen LogP contribution >= 0.6 is 0 Å². The van der Waals surface area contributed by atoms with E-state index in [1.165, 1.54) is 71.4 Å². The molecule has 0 unspecified atom stereocenters. The summed E-state index contributed by atoms with van der Waals surface area (Å²) in [6.45, 7) is 9.90. The third kappa shape index (κ3) is 3.60. The van der Waals surface area contributed by atoms with E-state index in [0.29, 0.717) is 0 Å². The molecule has 2 fully saturated rings. The molecule has 0 bridgehead atoms. The first-order valence-corrected chi connectivity index (χ1v) is 6.97. The number of nitrogens with zero attached hydrogens (tertiary/aromatic N) is 2. The van der Waals surface area contributed by atoms with Gasteiger partial charge in [-0.25, -0.2) is 0 Å². The van der Waals surface area contributed by atoms with Crippen LogP contribution in [0.1, 0.15) is 39.0 Å². The van der Waals surface area contributed by atoms with Crippen LogP contribution in [0.4, 0.5) is 0 Å². The number of hydrogen-bond acceptors (Lipinski definition) is 2. The van der Waals surface area contributed by atoms with E-state index in [1.54, 1.807) is 5.57 Å². The molecule has 0 spiro atoms. The molecule has 2 rings (SSSR count). The molecule has 2 nitrogen and oxygen atoms in total. The molecule has 0 radical (unpaired) electrons. The van der Waals surface area contributed by atoms with Gasteiger partial charge in [0.15, 0.2) is 0 Å². The van der Waals surface area contributed by atoms with Crippen LogP contribution in [0.2, 0.25) is 0 Å². The van der Waals surface area contributed by atoms with Crippen molar-refractivity contribution in [1.82, 2.24) is 9.80 Å². The van der Waals surface area contributed by atoms with Gasteiger partial charge in [-0.15, -0.1) is 0 Å². The molecule has 0 N–H and O–H groups in total. The van der Waals surface area contributed by atoms with Crippen molar-refractivity contribution in [3.05, 3.63) is 11.6 Å². The second-order valence-corrected chi connectivity index (χ2v) is 5.27. The summed E-state index contributed by atoms with van der Waals surface area (Å²) >= 11 is 0. The molecule has 2 aliphatic heterocycles. The molecule has 92 valence electrons. The van der Waals surface area contributed by atoms with E-state index in [2.05, 4.69) is 22.8 Å². The van der Waals surface area contributed by atoms with Gasteiger partial charge in [0, 0.05) is 13.1 Å². The van der Waals surface area contributed by atoms with Crippen molar-refractivity contribution in [3.63, 3.8) is 0 Å². The van der Waals surface area contributed by atoms with Crippen molar-refractivity contribution >= 4 is 0 Å². The second-order valence-electron chi connectivity index (χ2n) is 5.27. The van der Waals surface area contributed by atoms with Gasteiger partial charge in [-0.3, -0.25) is 9.80 Å². The number of allylic oxidation sites excluding steroid dienone is 1. The van der Waals surface area contributed by atoms with Crippen molar-refractivity contribution in [2.24, 2.45) is 0 Å². The molecule has 0 saturated carbocycles. The van der Waals surface area contributed by atoms with Crippen molar-refractivity contribution in [2.45, 2.75) is 39.0 Å². The summed E-state index contributed by atoms with van der Waals surface area (Å²) in [6.07, 6.45) is 9.39. The SMILES string of the molecule is CC=C(CN1CCCCC1)CN1CCCC1. The van der Waals surface area contributed by atoms with E-state index in [9.17, 15) is 0 Å². The van der Waals surface area contributed by atoms with Gasteiger partial charge in [0.05, 0.1) is 0 Å². The molecule has 0 aliphatic carbocycles. The van der Waals surface area contributed by atoms with Gasteiger partial charge in [-0.2, -0.15) is 0 Å². The highest BCUT2D eigenvalue weighted by Gasteiger charge is 2.15. The normalized spacial score (nSPS) is 25.2. The Morgan fingerprint density at radius 1 is 0.812 bits per heavy atom. The van der Waals surface area contributed by atoms with E-state index in [4.69, 9.17) is 0 Å². The van der Waals surface area contributed by atoms with Gasteiger partial charge < -0.3 is 0 Å². The number of hydrogen-bond donors (Lipinski definition) is 0. The van der Waals surface area contributed by atoms with E-state index >= 15 is 0 Å². The Kier molecular flexibility index (Phi) is 4.86. The minimum atomic E-state index is 1.22. The summed E-state index contributed by atoms with van der Waals surface area (Å²) in [5.41, 5.74) is 1.63. The fourth-order valence-corrected chi connectivity index (χ4v) is 2.87. The second kappa shape index (κ2) is 6.41. The quantitative estimate of drug-likeness (QED) is 0.674. The van der Waals surface area contributed by atoms with Crippen LogP contribution in [0, 0.1) is 0 Å². The summed E-state index contributed by atoms with van der Waals surface area (Å²) in [6, 6.07) is 0. The van der Waals surface area contributed by atoms with Gasteiger partial charge >= 0.3 is 0 Å². The van der Waals surface area contributed by atoms with Gasteiger partial charge in [0.1, 0.15) is 0 Å². The first kappa shape index (κ1) is 12.1. The van der Waals surface area contributed by atoms with Crippen LogP contribution in [0.25, 0.3) is 0 Å². The maximum absolute atomic E-state index is 2.63. The van der Waals surface area contributed by atoms with E-state index in [0.717, 1.165) is 0 Å². The molecule has 2 saturated heterocycles. The lowest BCUT2D eigenvalue weighted by Gasteiger charge is -2.28. The Morgan fingerprint density at radius 3 is 1.69 bits per heavy atom. The summed E-state index contributed by atoms with van der Waals surface area (Å²) in [5, 5.41) is 0. The van der Waals surface area contributed by atoms with Gasteiger partial charge in [-0.1, -0.05) is 12.5 Å². The number of piperidine rings is 1. The lowest BCUT2D eigenvalue weighted by Crippen LogP contribution is -2.34. The zero-order valence-electron chi connectivity index (χ0n) is 10.7. The van der Waals surface area contributed by atoms with E-state index in [-0.39, 0.29) is 0 Å². The average molecular weight is 222 g/mol. The Hall–Kier alpha value is -0.340. The molecular weight excluding hydrogens is 196 g/mol. The molecule has 2 heterocycles. The highest BCUT2D eigenvalue weighted by Crippen LogP contribution is 2.14. The largest absolute Gasteiger partial charge is 0.299 e. The van der Waals surface area contributed by atoms with Gasteiger partial charge in [0.25, 0.3) is 0 Å². The maximum Gasteiger partial charge on any atom is 0.0205 e. The molecule has 0 aromatic rings. The molecule has 0 amide bonds. The van der Waals surface area contributed by atoms with Crippen molar-refractivity contribution in [3.8, 4) is 0 Å². The fraction of sp³-hybridized carbons (Fsp3) is 0.857. The van der Waals surface area contributed by atoms with Crippen molar-refractivity contribution < 1.29 is 0 Å². The van der Waals surface area contributed by atoms with E-state index in [1.807, 2.05) is 0 Å². The Bertz CT molecular complexity index is 223.